The van der Waals surface area contributed by atoms with Gasteiger partial charge in [-0.2, -0.15) is 0 Å². The van der Waals surface area contributed by atoms with E-state index in [1.54, 1.807) is 50.2 Å². The van der Waals surface area contributed by atoms with E-state index in [9.17, 15) is 14.4 Å². The molecule has 1 heterocycles. The minimum absolute atomic E-state index is 0.116. The number of anilines is 1. The monoisotopic (exact) mass is 410 g/mol. The molecule has 0 N–H and O–H groups in total. The highest BCUT2D eigenvalue weighted by Gasteiger charge is 2.53. The molecule has 1 aliphatic heterocycles. The van der Waals surface area contributed by atoms with E-state index >= 15 is 0 Å². The fraction of sp³-hybridized carbons (Fsp3) is 0.348. The van der Waals surface area contributed by atoms with Crippen molar-refractivity contribution in [1.82, 2.24) is 4.90 Å². The van der Waals surface area contributed by atoms with Gasteiger partial charge >= 0.3 is 5.97 Å². The Balaban J connectivity index is 1.83. The summed E-state index contributed by atoms with van der Waals surface area (Å²) in [5.74, 6) is -1.05. The molecule has 0 aliphatic carbocycles. The van der Waals surface area contributed by atoms with Gasteiger partial charge in [0.1, 0.15) is 11.8 Å². The minimum atomic E-state index is -0.760. The number of esters is 1. The molecule has 1 saturated heterocycles. The Bertz CT molecular complexity index is 898. The number of methoxy groups -OCH3 is 1. The van der Waals surface area contributed by atoms with E-state index in [4.69, 9.17) is 9.47 Å². The summed E-state index contributed by atoms with van der Waals surface area (Å²) in [5, 5.41) is 0. The van der Waals surface area contributed by atoms with Gasteiger partial charge in [-0.15, -0.1) is 0 Å². The Morgan fingerprint density at radius 1 is 1.07 bits per heavy atom. The smallest absolute Gasteiger partial charge is 0.306 e. The lowest BCUT2D eigenvalue weighted by Crippen LogP contribution is -2.67. The average Bonchev–Trinajstić information content (AvgIpc) is 2.76. The number of carbonyl (C=O) groups excluding carboxylic acids is 3. The Kier molecular flexibility index (Phi) is 6.72. The fourth-order valence-corrected chi connectivity index (χ4v) is 3.62. The summed E-state index contributed by atoms with van der Waals surface area (Å²) >= 11 is 0. The number of benzene rings is 2. The Morgan fingerprint density at radius 3 is 2.33 bits per heavy atom. The average molecular weight is 410 g/mol. The van der Waals surface area contributed by atoms with Gasteiger partial charge in [0.05, 0.1) is 26.1 Å². The molecule has 2 aromatic rings. The summed E-state index contributed by atoms with van der Waals surface area (Å²) in [6, 6.07) is 15.8. The van der Waals surface area contributed by atoms with Crippen molar-refractivity contribution < 1.29 is 23.9 Å². The van der Waals surface area contributed by atoms with Gasteiger partial charge in [-0.1, -0.05) is 30.3 Å². The SMILES string of the molecule is CCOC(=O)C[C@@H]1C(=O)N(c2ccc(OC)cc2)[C@@H]1C(=O)N(C)Cc1ccccc1. The van der Waals surface area contributed by atoms with Crippen LogP contribution >= 0.6 is 0 Å². The van der Waals surface area contributed by atoms with Crippen molar-refractivity contribution >= 4 is 23.5 Å². The highest BCUT2D eigenvalue weighted by molar-refractivity contribution is 6.12. The van der Waals surface area contributed by atoms with E-state index in [0.717, 1.165) is 5.56 Å². The molecule has 0 saturated carbocycles. The summed E-state index contributed by atoms with van der Waals surface area (Å²) < 4.78 is 10.2. The first-order valence-corrected chi connectivity index (χ1v) is 9.88. The topological polar surface area (TPSA) is 76.1 Å². The first-order valence-electron chi connectivity index (χ1n) is 9.88. The highest BCUT2D eigenvalue weighted by atomic mass is 16.5. The van der Waals surface area contributed by atoms with E-state index in [-0.39, 0.29) is 24.8 Å². The first kappa shape index (κ1) is 21.4. The van der Waals surface area contributed by atoms with E-state index in [0.29, 0.717) is 18.0 Å². The summed E-state index contributed by atoms with van der Waals surface area (Å²) in [4.78, 5) is 41.2. The Labute approximate surface area is 176 Å². The van der Waals surface area contributed by atoms with Gasteiger partial charge in [0.25, 0.3) is 0 Å². The van der Waals surface area contributed by atoms with Gasteiger partial charge in [0.2, 0.25) is 11.8 Å². The second kappa shape index (κ2) is 9.43. The van der Waals surface area contributed by atoms with Crippen LogP contribution in [0.2, 0.25) is 0 Å². The van der Waals surface area contributed by atoms with Crippen molar-refractivity contribution in [3.05, 3.63) is 60.2 Å². The number of amides is 2. The lowest BCUT2D eigenvalue weighted by Gasteiger charge is -2.46. The first-order chi connectivity index (χ1) is 14.5. The van der Waals surface area contributed by atoms with Crippen LogP contribution in [0.3, 0.4) is 0 Å². The van der Waals surface area contributed by atoms with Crippen molar-refractivity contribution in [1.29, 1.82) is 0 Å². The van der Waals surface area contributed by atoms with Gasteiger partial charge in [-0.25, -0.2) is 0 Å². The molecule has 1 fully saturated rings. The molecule has 1 aliphatic rings. The number of likely N-dealkylation sites (N-methyl/N-ethyl adjacent to an activating group) is 1. The Hall–Kier alpha value is -3.35. The maximum absolute atomic E-state index is 13.3. The molecular formula is C23H26N2O5. The van der Waals surface area contributed by atoms with E-state index in [1.165, 1.54) is 4.90 Å². The van der Waals surface area contributed by atoms with Gasteiger partial charge in [0.15, 0.2) is 0 Å². The Morgan fingerprint density at radius 2 is 1.73 bits per heavy atom. The van der Waals surface area contributed by atoms with Gasteiger partial charge in [-0.3, -0.25) is 19.3 Å². The number of hydrogen-bond donors (Lipinski definition) is 0. The van der Waals surface area contributed by atoms with Crippen molar-refractivity contribution in [3.8, 4) is 5.75 Å². The van der Waals surface area contributed by atoms with Gasteiger partial charge < -0.3 is 14.4 Å². The molecule has 0 radical (unpaired) electrons. The number of nitrogens with zero attached hydrogens (tertiary/aromatic N) is 2. The largest absolute Gasteiger partial charge is 0.497 e. The number of β-lactam (4-membered cyclic amide) rings is 1. The number of rotatable bonds is 8. The van der Waals surface area contributed by atoms with E-state index in [1.807, 2.05) is 30.3 Å². The molecule has 2 aromatic carbocycles. The molecule has 0 unspecified atom stereocenters. The van der Waals surface area contributed by atoms with Crippen LogP contribution in [0, 0.1) is 5.92 Å². The second-order valence-electron chi connectivity index (χ2n) is 7.15. The number of hydrogen-bond acceptors (Lipinski definition) is 5. The third kappa shape index (κ3) is 4.45. The highest BCUT2D eigenvalue weighted by Crippen LogP contribution is 2.36. The van der Waals surface area contributed by atoms with Crippen LogP contribution in [0.15, 0.2) is 54.6 Å². The molecule has 7 heteroatoms. The van der Waals surface area contributed by atoms with Crippen LogP contribution < -0.4 is 9.64 Å². The van der Waals surface area contributed by atoms with Crippen molar-refractivity contribution in [2.24, 2.45) is 5.92 Å². The summed E-state index contributed by atoms with van der Waals surface area (Å²) in [5.41, 5.74) is 1.57. The lowest BCUT2D eigenvalue weighted by atomic mass is 9.83. The van der Waals surface area contributed by atoms with Crippen LogP contribution in [-0.4, -0.2) is 49.5 Å². The van der Waals surface area contributed by atoms with E-state index in [2.05, 4.69) is 0 Å². The number of carbonyl (C=O) groups is 3. The van der Waals surface area contributed by atoms with Crippen molar-refractivity contribution in [2.45, 2.75) is 25.9 Å². The molecule has 2 amide bonds. The molecule has 0 spiro atoms. The third-order valence-electron chi connectivity index (χ3n) is 5.15. The molecule has 7 nitrogen and oxygen atoms in total. The molecular weight excluding hydrogens is 384 g/mol. The molecule has 0 aromatic heterocycles. The van der Waals surface area contributed by atoms with Crippen LogP contribution in [0.5, 0.6) is 5.75 Å². The standard InChI is InChI=1S/C23H26N2O5/c1-4-30-20(26)14-19-21(23(28)24(2)15-16-8-6-5-7-9-16)25(22(19)27)17-10-12-18(29-3)13-11-17/h5-13,19,21H,4,14-15H2,1-3H3/t19-,21-/m0/s1. The third-order valence-corrected chi connectivity index (χ3v) is 5.15. The maximum Gasteiger partial charge on any atom is 0.306 e. The van der Waals surface area contributed by atoms with E-state index < -0.39 is 17.9 Å². The second-order valence-corrected chi connectivity index (χ2v) is 7.15. The van der Waals surface area contributed by atoms with Crippen LogP contribution in [0.1, 0.15) is 18.9 Å². The zero-order chi connectivity index (χ0) is 21.7. The van der Waals surface area contributed by atoms with Gasteiger partial charge in [0, 0.05) is 19.3 Å². The zero-order valence-corrected chi connectivity index (χ0v) is 17.4. The molecule has 2 atom stereocenters. The fourth-order valence-electron chi connectivity index (χ4n) is 3.62. The predicted octanol–water partition coefficient (Wildman–Crippen LogP) is 2.64. The molecule has 3 rings (SSSR count). The summed E-state index contributed by atoms with van der Waals surface area (Å²) in [6.07, 6.45) is -0.116. The zero-order valence-electron chi connectivity index (χ0n) is 17.4. The molecule has 0 bridgehead atoms. The van der Waals surface area contributed by atoms with Crippen LogP contribution in [0.25, 0.3) is 0 Å². The predicted molar refractivity (Wildman–Crippen MR) is 112 cm³/mol. The minimum Gasteiger partial charge on any atom is -0.497 e. The lowest BCUT2D eigenvalue weighted by molar-refractivity contribution is -0.152. The van der Waals surface area contributed by atoms with Crippen molar-refractivity contribution in [2.75, 3.05) is 25.7 Å². The van der Waals surface area contributed by atoms with Crippen LogP contribution in [-0.2, 0) is 25.7 Å². The van der Waals surface area contributed by atoms with Gasteiger partial charge in [-0.05, 0) is 36.8 Å². The molecule has 30 heavy (non-hydrogen) atoms. The number of ether oxygens (including phenoxy) is 2. The summed E-state index contributed by atoms with van der Waals surface area (Å²) in [7, 11) is 3.26. The van der Waals surface area contributed by atoms with Crippen LogP contribution in [0.4, 0.5) is 5.69 Å². The van der Waals surface area contributed by atoms with Crippen molar-refractivity contribution in [3.63, 3.8) is 0 Å². The normalized spacial score (nSPS) is 17.8. The quantitative estimate of drug-likeness (QED) is 0.494. The maximum atomic E-state index is 13.3. The molecule has 158 valence electrons. The summed E-state index contributed by atoms with van der Waals surface area (Å²) in [6.45, 7) is 2.35.